The topological polar surface area (TPSA) is 0 Å². The van der Waals surface area contributed by atoms with Crippen LogP contribution in [-0.4, -0.2) is 0 Å². The van der Waals surface area contributed by atoms with Crippen molar-refractivity contribution >= 4 is 29.5 Å². The van der Waals surface area contributed by atoms with Gasteiger partial charge in [-0.15, -0.1) is 0 Å². The molecule has 1 aromatic carbocycles. The molecular weight excluding hydrogens is 267 g/mol. The molecule has 1 aromatic rings. The number of halogens is 5. The van der Waals surface area contributed by atoms with Gasteiger partial charge in [0.15, 0.2) is 0 Å². The van der Waals surface area contributed by atoms with Crippen molar-refractivity contribution in [3.8, 4) is 0 Å². The first-order valence-electron chi connectivity index (χ1n) is 2.62. The molecule has 0 aliphatic carbocycles. The summed E-state index contributed by atoms with van der Waals surface area (Å²) < 4.78 is 23.8. The molecule has 0 amide bonds. The minimum absolute atomic E-state index is 0.568. The van der Waals surface area contributed by atoms with Crippen LogP contribution in [0.1, 0.15) is 0 Å². The summed E-state index contributed by atoms with van der Waals surface area (Å²) in [4.78, 5) is 0. The molecule has 0 saturated heterocycles. The fourth-order valence-corrected chi connectivity index (χ4v) is 0.412. The molecule has 0 heterocycles. The predicted molar refractivity (Wildman–Crippen MR) is 42.8 cm³/mol. The standard InChI is InChI=1S/C6H3F2.3ClH.V/c7-5-2-1-3-6(8)4-5;;;;/h1-2,4H;3*1H;/q;;;;+3/p-3. The van der Waals surface area contributed by atoms with Crippen LogP contribution in [0.15, 0.2) is 18.2 Å². The van der Waals surface area contributed by atoms with E-state index in [1.165, 1.54) is 6.07 Å². The van der Waals surface area contributed by atoms with Gasteiger partial charge in [-0.05, 0) is 12.1 Å². The molecule has 0 fully saturated rings. The summed E-state index contributed by atoms with van der Waals surface area (Å²) in [5.41, 5.74) is 0. The van der Waals surface area contributed by atoms with E-state index in [0.29, 0.717) is 0 Å². The van der Waals surface area contributed by atoms with Crippen molar-refractivity contribution in [1.29, 1.82) is 0 Å². The molecule has 6 heteroatoms. The van der Waals surface area contributed by atoms with E-state index in [1.807, 2.05) is 0 Å². The Kier molecular flexibility index (Phi) is 7.30. The zero-order valence-corrected chi connectivity index (χ0v) is 9.23. The van der Waals surface area contributed by atoms with Gasteiger partial charge in [0, 0.05) is 12.1 Å². The molecule has 0 spiro atoms. The number of hydrogen-bond donors (Lipinski definition) is 0. The number of benzene rings is 1. The van der Waals surface area contributed by atoms with E-state index in [-0.39, 0.29) is 0 Å². The van der Waals surface area contributed by atoms with Gasteiger partial charge < -0.3 is 0 Å². The van der Waals surface area contributed by atoms with E-state index in [0.717, 1.165) is 12.1 Å². The second-order valence-corrected chi connectivity index (χ2v) is 8.47. The van der Waals surface area contributed by atoms with E-state index in [2.05, 4.69) is 6.07 Å². The maximum absolute atomic E-state index is 11.9. The molecule has 0 atom stereocenters. The zero-order chi connectivity index (χ0) is 9.56. The van der Waals surface area contributed by atoms with Crippen LogP contribution < -0.4 is 0 Å². The van der Waals surface area contributed by atoms with Crippen molar-refractivity contribution in [2.45, 2.75) is 0 Å². The maximum atomic E-state index is 11.9. The first-order chi connectivity index (χ1) is 5.52. The molecule has 12 heavy (non-hydrogen) atoms. The van der Waals surface area contributed by atoms with E-state index >= 15 is 0 Å². The van der Waals surface area contributed by atoms with Gasteiger partial charge in [-0.25, -0.2) is 8.78 Å². The molecule has 0 unspecified atom stereocenters. The summed E-state index contributed by atoms with van der Waals surface area (Å²) in [5, 5.41) is 0. The van der Waals surface area contributed by atoms with Crippen LogP contribution in [0.2, 0.25) is 0 Å². The second kappa shape index (κ2) is 6.99. The molecule has 0 aliphatic heterocycles. The van der Waals surface area contributed by atoms with Crippen molar-refractivity contribution in [2.75, 3.05) is 0 Å². The molecule has 0 saturated carbocycles. The van der Waals surface area contributed by atoms with Crippen molar-refractivity contribution in [2.24, 2.45) is 0 Å². The normalized spacial score (nSPS) is 9.17. The van der Waals surface area contributed by atoms with Gasteiger partial charge >= 0.3 is 41.8 Å². The molecule has 0 nitrogen and oxygen atoms in total. The van der Waals surface area contributed by atoms with Crippen LogP contribution in [0.3, 0.4) is 0 Å². The summed E-state index contributed by atoms with van der Waals surface area (Å²) in [5.74, 6) is -1.23. The quantitative estimate of drug-likeness (QED) is 0.672. The molecule has 0 N–H and O–H groups in total. The van der Waals surface area contributed by atoms with Crippen LogP contribution in [-0.2, 0) is 12.3 Å². The molecule has 1 rings (SSSR count). The molecule has 0 bridgehead atoms. The number of rotatable bonds is 0. The third-order valence-corrected chi connectivity index (χ3v) is 0.728. The fourth-order valence-electron chi connectivity index (χ4n) is 0.412. The third-order valence-electron chi connectivity index (χ3n) is 0.728. The Morgan fingerprint density at radius 2 is 1.75 bits per heavy atom. The zero-order valence-electron chi connectivity index (χ0n) is 5.57. The van der Waals surface area contributed by atoms with Gasteiger partial charge in [0.05, 0.1) is 0 Å². The molecule has 67 valence electrons. The average Bonchev–Trinajstić information content (AvgIpc) is 1.84. The molecule has 0 aromatic heterocycles. The van der Waals surface area contributed by atoms with Gasteiger partial charge in [0.25, 0.3) is 0 Å². The van der Waals surface area contributed by atoms with E-state index < -0.39 is 23.9 Å². The van der Waals surface area contributed by atoms with Gasteiger partial charge in [0.1, 0.15) is 11.6 Å². The summed E-state index contributed by atoms with van der Waals surface area (Å²) in [7, 11) is 14.9. The minimum atomic E-state index is -1.77. The van der Waals surface area contributed by atoms with E-state index in [9.17, 15) is 8.78 Å². The summed E-state index contributed by atoms with van der Waals surface area (Å²) in [6, 6.07) is 5.28. The Morgan fingerprint density at radius 1 is 1.25 bits per heavy atom. The fraction of sp³-hybridized carbons (Fsp3) is 0. The molecule has 1 radical (unpaired) electrons. The van der Waals surface area contributed by atoms with Crippen molar-refractivity contribution in [3.63, 3.8) is 0 Å². The average molecular weight is 270 g/mol. The van der Waals surface area contributed by atoms with Crippen LogP contribution in [0, 0.1) is 17.7 Å². The predicted octanol–water partition coefficient (Wildman–Crippen LogP) is 3.83. The van der Waals surface area contributed by atoms with Crippen molar-refractivity contribution in [1.82, 2.24) is 0 Å². The van der Waals surface area contributed by atoms with Crippen molar-refractivity contribution in [3.05, 3.63) is 35.9 Å². The summed E-state index contributed by atoms with van der Waals surface area (Å²) >= 11 is -1.77. The van der Waals surface area contributed by atoms with E-state index in [4.69, 9.17) is 29.5 Å². The van der Waals surface area contributed by atoms with Gasteiger partial charge in [-0.2, -0.15) is 0 Å². The molecule has 0 aliphatic rings. The first-order valence-corrected chi connectivity index (χ1v) is 8.39. The van der Waals surface area contributed by atoms with Crippen LogP contribution in [0.25, 0.3) is 0 Å². The van der Waals surface area contributed by atoms with Crippen LogP contribution in [0.5, 0.6) is 0 Å². The SMILES string of the molecule is Fc1[c]ccc(F)c1.[Cl][V]([Cl])[Cl]. The molecular formula is C6H3Cl3F2V. The van der Waals surface area contributed by atoms with E-state index in [1.54, 1.807) is 0 Å². The Hall–Kier alpha value is 0.534. The Labute approximate surface area is 86.3 Å². The Morgan fingerprint density at radius 3 is 2.00 bits per heavy atom. The summed E-state index contributed by atoms with van der Waals surface area (Å²) in [6.07, 6.45) is 0. The van der Waals surface area contributed by atoms with Crippen LogP contribution in [0.4, 0.5) is 8.78 Å². The van der Waals surface area contributed by atoms with Crippen LogP contribution >= 0.6 is 29.5 Å². The number of hydrogen-bond acceptors (Lipinski definition) is 0. The summed E-state index contributed by atoms with van der Waals surface area (Å²) in [6.45, 7) is 0. The second-order valence-electron chi connectivity index (χ2n) is 1.55. The Bertz CT molecular complexity index is 212. The van der Waals surface area contributed by atoms with Crippen molar-refractivity contribution < 1.29 is 21.1 Å². The van der Waals surface area contributed by atoms with Gasteiger partial charge in [0.2, 0.25) is 0 Å². The monoisotopic (exact) mass is 269 g/mol. The first kappa shape index (κ1) is 12.5. The van der Waals surface area contributed by atoms with Gasteiger partial charge in [-0.1, -0.05) is 0 Å². The third kappa shape index (κ3) is 8.63. The van der Waals surface area contributed by atoms with Gasteiger partial charge in [-0.3, -0.25) is 0 Å². The Balaban J connectivity index is 0.000000261.